The summed E-state index contributed by atoms with van der Waals surface area (Å²) in [5, 5.41) is 9.88. The minimum Gasteiger partial charge on any atom is -0.504 e. The van der Waals surface area contributed by atoms with Crippen LogP contribution in [0.3, 0.4) is 0 Å². The molecule has 3 N–H and O–H groups in total. The molecule has 1 aromatic rings. The first-order valence-electron chi connectivity index (χ1n) is 5.32. The molecule has 0 spiro atoms. The molecule has 1 rings (SSSR count). The summed E-state index contributed by atoms with van der Waals surface area (Å²) in [5.41, 5.74) is 7.47. The van der Waals surface area contributed by atoms with Crippen molar-refractivity contribution < 1.29 is 9.84 Å². The van der Waals surface area contributed by atoms with Crippen molar-refractivity contribution in [2.75, 3.05) is 27.7 Å². The lowest BCUT2D eigenvalue weighted by Gasteiger charge is -2.14. The molecule has 0 unspecified atom stereocenters. The van der Waals surface area contributed by atoms with Gasteiger partial charge in [-0.1, -0.05) is 6.07 Å². The minimum absolute atomic E-state index is 0.204. The summed E-state index contributed by atoms with van der Waals surface area (Å²) in [6, 6.07) is 3.83. The van der Waals surface area contributed by atoms with Gasteiger partial charge in [0.25, 0.3) is 0 Å². The number of phenols is 1. The Morgan fingerprint density at radius 3 is 2.56 bits per heavy atom. The Hall–Kier alpha value is -1.26. The molecule has 0 atom stereocenters. The van der Waals surface area contributed by atoms with Gasteiger partial charge in [0.1, 0.15) is 0 Å². The number of aromatic hydroxyl groups is 1. The van der Waals surface area contributed by atoms with Crippen LogP contribution in [0.5, 0.6) is 11.5 Å². The van der Waals surface area contributed by atoms with E-state index in [0.29, 0.717) is 18.7 Å². The maximum Gasteiger partial charge on any atom is 0.161 e. The first-order valence-corrected chi connectivity index (χ1v) is 5.32. The van der Waals surface area contributed by atoms with Gasteiger partial charge in [0, 0.05) is 6.54 Å². The number of ether oxygens (including phenoxy) is 1. The smallest absolute Gasteiger partial charge is 0.161 e. The highest BCUT2D eigenvalue weighted by molar-refractivity contribution is 5.48. The SMILES string of the molecule is COc1cc(CN(C)C)cc(CCN)c1O. The lowest BCUT2D eigenvalue weighted by molar-refractivity contribution is 0.366. The maximum absolute atomic E-state index is 9.88. The first-order chi connectivity index (χ1) is 7.58. The van der Waals surface area contributed by atoms with Gasteiger partial charge in [0.2, 0.25) is 0 Å². The highest BCUT2D eigenvalue weighted by atomic mass is 16.5. The lowest BCUT2D eigenvalue weighted by atomic mass is 10.1. The number of nitrogens with two attached hydrogens (primary N) is 1. The van der Waals surface area contributed by atoms with Crippen LogP contribution >= 0.6 is 0 Å². The van der Waals surface area contributed by atoms with Crippen molar-refractivity contribution in [3.8, 4) is 11.5 Å². The summed E-state index contributed by atoms with van der Waals surface area (Å²) in [7, 11) is 5.56. The molecule has 4 heteroatoms. The average molecular weight is 224 g/mol. The van der Waals surface area contributed by atoms with Gasteiger partial charge < -0.3 is 20.5 Å². The Morgan fingerprint density at radius 1 is 1.38 bits per heavy atom. The van der Waals surface area contributed by atoms with Crippen LogP contribution in [-0.4, -0.2) is 37.8 Å². The zero-order chi connectivity index (χ0) is 12.1. The summed E-state index contributed by atoms with van der Waals surface area (Å²) in [6.07, 6.45) is 0.656. The van der Waals surface area contributed by atoms with Crippen molar-refractivity contribution in [2.24, 2.45) is 5.73 Å². The van der Waals surface area contributed by atoms with E-state index in [4.69, 9.17) is 10.5 Å². The Kier molecular flexibility index (Phi) is 4.58. The highest BCUT2D eigenvalue weighted by Crippen LogP contribution is 2.31. The van der Waals surface area contributed by atoms with Crippen molar-refractivity contribution in [3.63, 3.8) is 0 Å². The van der Waals surface area contributed by atoms with Crippen LogP contribution in [0.15, 0.2) is 12.1 Å². The van der Waals surface area contributed by atoms with Crippen LogP contribution in [0.4, 0.5) is 0 Å². The topological polar surface area (TPSA) is 58.7 Å². The number of benzene rings is 1. The fraction of sp³-hybridized carbons (Fsp3) is 0.500. The Labute approximate surface area is 96.6 Å². The van der Waals surface area contributed by atoms with E-state index < -0.39 is 0 Å². The number of hydrogen-bond donors (Lipinski definition) is 2. The second kappa shape index (κ2) is 5.72. The van der Waals surface area contributed by atoms with Gasteiger partial charge in [-0.2, -0.15) is 0 Å². The van der Waals surface area contributed by atoms with E-state index in [1.807, 2.05) is 26.2 Å². The highest BCUT2D eigenvalue weighted by Gasteiger charge is 2.10. The third-order valence-electron chi connectivity index (χ3n) is 2.35. The number of hydrogen-bond acceptors (Lipinski definition) is 4. The van der Waals surface area contributed by atoms with Gasteiger partial charge in [-0.3, -0.25) is 0 Å². The van der Waals surface area contributed by atoms with E-state index in [1.165, 1.54) is 0 Å². The number of nitrogens with zero attached hydrogens (tertiary/aromatic N) is 1. The van der Waals surface area contributed by atoms with Crippen LogP contribution < -0.4 is 10.5 Å². The van der Waals surface area contributed by atoms with Gasteiger partial charge in [-0.15, -0.1) is 0 Å². The molecule has 0 radical (unpaired) electrons. The molecule has 0 amide bonds. The summed E-state index contributed by atoms with van der Waals surface area (Å²) in [6.45, 7) is 1.33. The second-order valence-corrected chi connectivity index (χ2v) is 4.08. The van der Waals surface area contributed by atoms with Gasteiger partial charge in [0.15, 0.2) is 11.5 Å². The third-order valence-corrected chi connectivity index (χ3v) is 2.35. The molecule has 0 aliphatic carbocycles. The molecule has 0 bridgehead atoms. The maximum atomic E-state index is 9.88. The van der Waals surface area contributed by atoms with E-state index in [2.05, 4.69) is 4.90 Å². The Morgan fingerprint density at radius 2 is 2.06 bits per heavy atom. The normalized spacial score (nSPS) is 10.8. The van der Waals surface area contributed by atoms with Crippen LogP contribution in [0.1, 0.15) is 11.1 Å². The van der Waals surface area contributed by atoms with Crippen molar-refractivity contribution in [1.29, 1.82) is 0 Å². The van der Waals surface area contributed by atoms with E-state index in [-0.39, 0.29) is 5.75 Å². The number of methoxy groups -OCH3 is 1. The predicted molar refractivity (Wildman–Crippen MR) is 64.8 cm³/mol. The van der Waals surface area contributed by atoms with E-state index in [0.717, 1.165) is 17.7 Å². The van der Waals surface area contributed by atoms with E-state index in [9.17, 15) is 5.11 Å². The molecule has 1 aromatic carbocycles. The largest absolute Gasteiger partial charge is 0.504 e. The van der Waals surface area contributed by atoms with Crippen LogP contribution in [-0.2, 0) is 13.0 Å². The summed E-state index contributed by atoms with van der Waals surface area (Å²) in [5.74, 6) is 0.721. The van der Waals surface area contributed by atoms with Crippen molar-refractivity contribution in [1.82, 2.24) is 4.90 Å². The predicted octanol–water partition coefficient (Wildman–Crippen LogP) is 0.964. The summed E-state index contributed by atoms with van der Waals surface area (Å²) >= 11 is 0. The summed E-state index contributed by atoms with van der Waals surface area (Å²) < 4.78 is 5.14. The quantitative estimate of drug-likeness (QED) is 0.782. The molecule has 0 saturated carbocycles. The zero-order valence-electron chi connectivity index (χ0n) is 10.2. The Bertz CT molecular complexity index is 351. The van der Waals surface area contributed by atoms with Crippen LogP contribution in [0.2, 0.25) is 0 Å². The standard InChI is InChI=1S/C12H20N2O2/c1-14(2)8-9-6-10(4-5-13)12(15)11(7-9)16-3/h6-7,15H,4-5,8,13H2,1-3H3. The lowest BCUT2D eigenvalue weighted by Crippen LogP contribution is -2.11. The molecule has 90 valence electrons. The zero-order valence-corrected chi connectivity index (χ0v) is 10.2. The molecule has 0 fully saturated rings. The van der Waals surface area contributed by atoms with Gasteiger partial charge >= 0.3 is 0 Å². The minimum atomic E-state index is 0.204. The molecule has 0 aliphatic heterocycles. The van der Waals surface area contributed by atoms with Crippen LogP contribution in [0, 0.1) is 0 Å². The molecule has 16 heavy (non-hydrogen) atoms. The first kappa shape index (κ1) is 12.8. The van der Waals surface area contributed by atoms with E-state index in [1.54, 1.807) is 7.11 Å². The fourth-order valence-electron chi connectivity index (χ4n) is 1.69. The van der Waals surface area contributed by atoms with Crippen molar-refractivity contribution in [3.05, 3.63) is 23.3 Å². The molecular formula is C12H20N2O2. The Balaban J connectivity index is 3.07. The average Bonchev–Trinajstić information content (AvgIpc) is 2.22. The second-order valence-electron chi connectivity index (χ2n) is 4.08. The molecule has 0 heterocycles. The summed E-state index contributed by atoms with van der Waals surface area (Å²) in [4.78, 5) is 2.07. The molecule has 0 saturated heterocycles. The molecule has 4 nitrogen and oxygen atoms in total. The van der Waals surface area contributed by atoms with E-state index >= 15 is 0 Å². The molecule has 0 aromatic heterocycles. The van der Waals surface area contributed by atoms with Gasteiger partial charge in [-0.25, -0.2) is 0 Å². The van der Waals surface area contributed by atoms with Crippen molar-refractivity contribution in [2.45, 2.75) is 13.0 Å². The number of rotatable bonds is 5. The monoisotopic (exact) mass is 224 g/mol. The van der Waals surface area contributed by atoms with Crippen LogP contribution in [0.25, 0.3) is 0 Å². The van der Waals surface area contributed by atoms with Gasteiger partial charge in [-0.05, 0) is 44.3 Å². The number of phenolic OH excluding ortho intramolecular Hbond substituents is 1. The van der Waals surface area contributed by atoms with Crippen molar-refractivity contribution >= 4 is 0 Å². The molecular weight excluding hydrogens is 204 g/mol. The fourth-order valence-corrected chi connectivity index (χ4v) is 1.69. The molecule has 0 aliphatic rings. The van der Waals surface area contributed by atoms with Gasteiger partial charge in [0.05, 0.1) is 7.11 Å². The third kappa shape index (κ3) is 3.12.